The van der Waals surface area contributed by atoms with E-state index in [0.29, 0.717) is 0 Å². The Balaban J connectivity index is 0.963. The SMILES string of the molecule is c1ccc(-c2cccc3c2oc2c(-c4cccc(-c5cncc(-c6cccc(-c7cccc8c7oc7c(-c9ccccc9)cccc78)c6)c5)c4)cccc23)cc1. The van der Waals surface area contributed by atoms with Crippen molar-refractivity contribution in [1.29, 1.82) is 0 Å². The van der Waals surface area contributed by atoms with E-state index in [1.807, 2.05) is 24.5 Å². The molecule has 11 rings (SSSR count). The first-order chi connectivity index (χ1) is 27.8. The highest BCUT2D eigenvalue weighted by atomic mass is 16.3. The van der Waals surface area contributed by atoms with Crippen LogP contribution in [-0.2, 0) is 0 Å². The third kappa shape index (κ3) is 5.32. The first-order valence-electron chi connectivity index (χ1n) is 18.9. The molecule has 0 spiro atoms. The number of nitrogens with zero attached hydrogens (tertiary/aromatic N) is 1. The summed E-state index contributed by atoms with van der Waals surface area (Å²) in [6.45, 7) is 0. The number of benzene rings is 8. The monoisotopic (exact) mass is 715 g/mol. The van der Waals surface area contributed by atoms with Crippen LogP contribution in [0.1, 0.15) is 0 Å². The highest BCUT2D eigenvalue weighted by Gasteiger charge is 2.18. The number of hydrogen-bond acceptors (Lipinski definition) is 3. The average Bonchev–Trinajstić information content (AvgIpc) is 3.86. The summed E-state index contributed by atoms with van der Waals surface area (Å²) in [5, 5.41) is 4.46. The Kier molecular flexibility index (Phi) is 7.49. The summed E-state index contributed by atoms with van der Waals surface area (Å²) in [7, 11) is 0. The maximum absolute atomic E-state index is 6.74. The molecule has 0 radical (unpaired) electrons. The van der Waals surface area contributed by atoms with Gasteiger partial charge in [0.25, 0.3) is 0 Å². The van der Waals surface area contributed by atoms with Crippen molar-refractivity contribution in [2.45, 2.75) is 0 Å². The van der Waals surface area contributed by atoms with Crippen LogP contribution < -0.4 is 0 Å². The largest absolute Gasteiger partial charge is 0.455 e. The van der Waals surface area contributed by atoms with Gasteiger partial charge in [-0.3, -0.25) is 4.98 Å². The molecule has 0 aliphatic rings. The van der Waals surface area contributed by atoms with Gasteiger partial charge in [-0.1, -0.05) is 170 Å². The number of hydrogen-bond donors (Lipinski definition) is 0. The summed E-state index contributed by atoms with van der Waals surface area (Å²) in [5.41, 5.74) is 16.7. The molecular weight excluding hydrogens is 683 g/mol. The van der Waals surface area contributed by atoms with Crippen LogP contribution >= 0.6 is 0 Å². The van der Waals surface area contributed by atoms with E-state index in [1.165, 1.54) is 0 Å². The van der Waals surface area contributed by atoms with Crippen LogP contribution in [0.5, 0.6) is 0 Å². The first kappa shape index (κ1) is 32.0. The van der Waals surface area contributed by atoms with Crippen molar-refractivity contribution in [2.24, 2.45) is 0 Å². The fraction of sp³-hybridized carbons (Fsp3) is 0. The summed E-state index contributed by atoms with van der Waals surface area (Å²) in [4.78, 5) is 4.74. The van der Waals surface area contributed by atoms with Crippen LogP contribution in [-0.4, -0.2) is 4.98 Å². The Labute approximate surface area is 323 Å². The number of para-hydroxylation sites is 4. The standard InChI is InChI=1S/C53H33NO2/c1-3-13-34(14-4-1)42-21-9-25-46-48-27-11-23-44(52(48)55-50(42)46)38-19-7-17-36(29-38)40-31-41(33-54-32-40)37-18-8-20-39(30-37)45-24-12-28-49-47-26-10-22-43(51(47)56-53(45)49)35-15-5-2-6-16-35/h1-33H. The number of rotatable bonds is 6. The topological polar surface area (TPSA) is 39.2 Å². The minimum atomic E-state index is 0.891. The van der Waals surface area contributed by atoms with Crippen LogP contribution in [0.3, 0.4) is 0 Å². The molecule has 8 aromatic carbocycles. The van der Waals surface area contributed by atoms with Gasteiger partial charge in [0.05, 0.1) is 0 Å². The van der Waals surface area contributed by atoms with E-state index in [-0.39, 0.29) is 0 Å². The van der Waals surface area contributed by atoms with Crippen LogP contribution in [0.4, 0.5) is 0 Å². The molecule has 262 valence electrons. The fourth-order valence-corrected chi connectivity index (χ4v) is 8.27. The van der Waals surface area contributed by atoms with Crippen molar-refractivity contribution in [2.75, 3.05) is 0 Å². The molecule has 0 bridgehead atoms. The normalized spacial score (nSPS) is 11.6. The van der Waals surface area contributed by atoms with Crippen molar-refractivity contribution in [1.82, 2.24) is 4.98 Å². The van der Waals surface area contributed by atoms with Crippen LogP contribution in [0.15, 0.2) is 209 Å². The van der Waals surface area contributed by atoms with E-state index in [2.05, 4.69) is 176 Å². The van der Waals surface area contributed by atoms with Gasteiger partial charge in [-0.2, -0.15) is 0 Å². The molecule has 0 saturated carbocycles. The van der Waals surface area contributed by atoms with Crippen LogP contribution in [0.25, 0.3) is 111 Å². The molecule has 3 heterocycles. The Bertz CT molecular complexity index is 3030. The molecule has 56 heavy (non-hydrogen) atoms. The minimum Gasteiger partial charge on any atom is -0.455 e. The van der Waals surface area contributed by atoms with E-state index in [9.17, 15) is 0 Å². The Morgan fingerprint density at radius 1 is 0.250 bits per heavy atom. The quantitative estimate of drug-likeness (QED) is 0.172. The van der Waals surface area contributed by atoms with E-state index < -0.39 is 0 Å². The molecule has 3 heteroatoms. The van der Waals surface area contributed by atoms with Gasteiger partial charge in [0.1, 0.15) is 22.3 Å². The van der Waals surface area contributed by atoms with Gasteiger partial charge in [-0.15, -0.1) is 0 Å². The Morgan fingerprint density at radius 2 is 0.554 bits per heavy atom. The van der Waals surface area contributed by atoms with Crippen molar-refractivity contribution in [3.63, 3.8) is 0 Å². The zero-order chi connectivity index (χ0) is 37.0. The molecule has 11 aromatic rings. The molecule has 3 nitrogen and oxygen atoms in total. The van der Waals surface area contributed by atoms with Crippen LogP contribution in [0.2, 0.25) is 0 Å². The second-order valence-corrected chi connectivity index (χ2v) is 14.3. The van der Waals surface area contributed by atoms with Crippen molar-refractivity contribution < 1.29 is 8.83 Å². The van der Waals surface area contributed by atoms with Gasteiger partial charge in [0, 0.05) is 67.3 Å². The number of pyridine rings is 1. The summed E-state index contributed by atoms with van der Waals surface area (Å²) in [6.07, 6.45) is 3.89. The second kappa shape index (κ2) is 13.1. The van der Waals surface area contributed by atoms with Crippen molar-refractivity contribution in [3.05, 3.63) is 200 Å². The van der Waals surface area contributed by atoms with E-state index in [4.69, 9.17) is 13.8 Å². The molecule has 0 aliphatic heterocycles. The van der Waals surface area contributed by atoms with E-state index in [0.717, 1.165) is 111 Å². The molecule has 0 saturated heterocycles. The lowest BCUT2D eigenvalue weighted by Crippen LogP contribution is -1.87. The zero-order valence-corrected chi connectivity index (χ0v) is 30.3. The number of furan rings is 2. The lowest BCUT2D eigenvalue weighted by molar-refractivity contribution is 0.670. The van der Waals surface area contributed by atoms with Crippen molar-refractivity contribution in [3.8, 4) is 66.8 Å². The summed E-state index contributed by atoms with van der Waals surface area (Å²) < 4.78 is 13.5. The first-order valence-corrected chi connectivity index (χ1v) is 18.9. The zero-order valence-electron chi connectivity index (χ0n) is 30.3. The summed E-state index contributed by atoms with van der Waals surface area (Å²) >= 11 is 0. The molecule has 0 fully saturated rings. The molecule has 0 amide bonds. The predicted molar refractivity (Wildman–Crippen MR) is 231 cm³/mol. The van der Waals surface area contributed by atoms with E-state index >= 15 is 0 Å². The van der Waals surface area contributed by atoms with Gasteiger partial charge in [-0.05, 0) is 51.6 Å². The second-order valence-electron chi connectivity index (χ2n) is 14.3. The lowest BCUT2D eigenvalue weighted by Gasteiger charge is -2.10. The molecule has 0 aliphatic carbocycles. The highest BCUT2D eigenvalue weighted by Crippen LogP contribution is 2.42. The third-order valence-electron chi connectivity index (χ3n) is 11.0. The maximum atomic E-state index is 6.74. The van der Waals surface area contributed by atoms with Crippen molar-refractivity contribution >= 4 is 43.9 Å². The predicted octanol–water partition coefficient (Wildman–Crippen LogP) is 14.9. The average molecular weight is 716 g/mol. The number of aromatic nitrogens is 1. The lowest BCUT2D eigenvalue weighted by atomic mass is 9.95. The minimum absolute atomic E-state index is 0.891. The summed E-state index contributed by atoms with van der Waals surface area (Å²) in [5.74, 6) is 0. The highest BCUT2D eigenvalue weighted by molar-refractivity contribution is 6.14. The van der Waals surface area contributed by atoms with E-state index in [1.54, 1.807) is 0 Å². The molecule has 3 aromatic heterocycles. The smallest absolute Gasteiger partial charge is 0.143 e. The van der Waals surface area contributed by atoms with Gasteiger partial charge >= 0.3 is 0 Å². The van der Waals surface area contributed by atoms with Gasteiger partial charge in [-0.25, -0.2) is 0 Å². The van der Waals surface area contributed by atoms with Gasteiger partial charge < -0.3 is 8.83 Å². The molecular formula is C53H33NO2. The fourth-order valence-electron chi connectivity index (χ4n) is 8.27. The van der Waals surface area contributed by atoms with Gasteiger partial charge in [0.2, 0.25) is 0 Å². The molecule has 0 atom stereocenters. The Morgan fingerprint density at radius 3 is 0.946 bits per heavy atom. The molecule has 0 unspecified atom stereocenters. The van der Waals surface area contributed by atoms with Gasteiger partial charge in [0.15, 0.2) is 0 Å². The molecule has 0 N–H and O–H groups in total. The third-order valence-corrected chi connectivity index (χ3v) is 11.0. The maximum Gasteiger partial charge on any atom is 0.143 e. The van der Waals surface area contributed by atoms with Crippen LogP contribution in [0, 0.1) is 0 Å². The summed E-state index contributed by atoms with van der Waals surface area (Å²) in [6, 6.07) is 66.1. The Hall–Kier alpha value is -7.49. The number of fused-ring (bicyclic) bond motifs is 6.